The minimum atomic E-state index is -0.479. The highest BCUT2D eigenvalue weighted by Gasteiger charge is 2.18. The molecule has 1 aliphatic rings. The topological polar surface area (TPSA) is 106 Å². The van der Waals surface area contributed by atoms with Crippen molar-refractivity contribution in [3.8, 4) is 0 Å². The molecule has 2 N–H and O–H groups in total. The normalized spacial score (nSPS) is 16.8. The molecule has 1 unspecified atom stereocenters. The van der Waals surface area contributed by atoms with Crippen LogP contribution in [0.2, 0.25) is 0 Å². The molecule has 1 saturated heterocycles. The van der Waals surface area contributed by atoms with Gasteiger partial charge in [-0.1, -0.05) is 0 Å². The van der Waals surface area contributed by atoms with E-state index in [0.717, 1.165) is 29.9 Å². The lowest BCUT2D eigenvalue weighted by Gasteiger charge is -2.36. The molecule has 10 heteroatoms. The van der Waals surface area contributed by atoms with E-state index in [4.69, 9.17) is 0 Å². The molecular formula is C20H25N7O3. The predicted octanol–water partition coefficient (Wildman–Crippen LogP) is -0.129. The molecule has 1 aliphatic heterocycles. The second-order valence-corrected chi connectivity index (χ2v) is 7.59. The fraction of sp³-hybridized carbons (Fsp3) is 0.400. The van der Waals surface area contributed by atoms with Crippen molar-refractivity contribution in [2.45, 2.75) is 19.5 Å². The van der Waals surface area contributed by atoms with Gasteiger partial charge in [0.15, 0.2) is 11.2 Å². The summed E-state index contributed by atoms with van der Waals surface area (Å²) in [6.45, 7) is 4.94. The van der Waals surface area contributed by atoms with Crippen LogP contribution in [0.3, 0.4) is 0 Å². The molecule has 158 valence electrons. The number of amides is 1. The van der Waals surface area contributed by atoms with Gasteiger partial charge in [-0.15, -0.1) is 0 Å². The second-order valence-electron chi connectivity index (χ2n) is 7.59. The molecule has 1 fully saturated rings. The molecule has 0 spiro atoms. The zero-order valence-electron chi connectivity index (χ0n) is 17.3. The summed E-state index contributed by atoms with van der Waals surface area (Å²) in [5.74, 6) is -0.284. The standard InChI is InChI=1S/C20H25N7O3/c1-13-10-21-8-9-27(13)15-6-4-14(5-7-15)23-16(28)11-26-12-22-18-17(26)19(29)25(3)20(30)24(18)2/h4-7,12-13,21H,8-11H2,1-3H3,(H,23,28). The minimum absolute atomic E-state index is 0.0828. The monoisotopic (exact) mass is 411 g/mol. The number of benzene rings is 1. The molecule has 0 bridgehead atoms. The summed E-state index contributed by atoms with van der Waals surface area (Å²) >= 11 is 0. The Morgan fingerprint density at radius 3 is 2.63 bits per heavy atom. The van der Waals surface area contributed by atoms with Gasteiger partial charge in [-0.05, 0) is 31.2 Å². The van der Waals surface area contributed by atoms with Crippen molar-refractivity contribution in [2.75, 3.05) is 29.9 Å². The molecular weight excluding hydrogens is 386 g/mol. The number of carbonyl (C=O) groups excluding carboxylic acids is 1. The summed E-state index contributed by atoms with van der Waals surface area (Å²) in [4.78, 5) is 43.5. The Hall–Kier alpha value is -3.40. The lowest BCUT2D eigenvalue weighted by molar-refractivity contribution is -0.116. The van der Waals surface area contributed by atoms with Crippen molar-refractivity contribution >= 4 is 28.4 Å². The Morgan fingerprint density at radius 1 is 1.20 bits per heavy atom. The zero-order valence-corrected chi connectivity index (χ0v) is 17.3. The van der Waals surface area contributed by atoms with E-state index >= 15 is 0 Å². The summed E-state index contributed by atoms with van der Waals surface area (Å²) in [6.07, 6.45) is 1.40. The van der Waals surface area contributed by atoms with Gasteiger partial charge in [0.2, 0.25) is 5.91 Å². The molecule has 0 aliphatic carbocycles. The number of rotatable bonds is 4. The van der Waals surface area contributed by atoms with Crippen molar-refractivity contribution in [2.24, 2.45) is 14.1 Å². The minimum Gasteiger partial charge on any atom is -0.366 e. The fourth-order valence-electron chi connectivity index (χ4n) is 3.83. The van der Waals surface area contributed by atoms with E-state index in [-0.39, 0.29) is 23.6 Å². The second kappa shape index (κ2) is 7.79. The first-order chi connectivity index (χ1) is 14.4. The van der Waals surface area contributed by atoms with Crippen LogP contribution in [0.25, 0.3) is 11.2 Å². The summed E-state index contributed by atoms with van der Waals surface area (Å²) in [5, 5.41) is 6.22. The number of aromatic nitrogens is 4. The number of piperazine rings is 1. The SMILES string of the molecule is CC1CNCCN1c1ccc(NC(=O)Cn2cnc3c2c(=O)n(C)c(=O)n3C)cc1. The van der Waals surface area contributed by atoms with E-state index in [1.54, 1.807) is 7.05 Å². The van der Waals surface area contributed by atoms with E-state index in [0.29, 0.717) is 11.7 Å². The van der Waals surface area contributed by atoms with Gasteiger partial charge in [0, 0.05) is 51.1 Å². The smallest absolute Gasteiger partial charge is 0.332 e. The van der Waals surface area contributed by atoms with E-state index < -0.39 is 11.2 Å². The molecule has 4 rings (SSSR count). The summed E-state index contributed by atoms with van der Waals surface area (Å²) in [7, 11) is 2.95. The molecule has 10 nitrogen and oxygen atoms in total. The highest BCUT2D eigenvalue weighted by Crippen LogP contribution is 2.21. The van der Waals surface area contributed by atoms with E-state index in [2.05, 4.69) is 27.4 Å². The summed E-state index contributed by atoms with van der Waals surface area (Å²) < 4.78 is 3.76. The van der Waals surface area contributed by atoms with Gasteiger partial charge in [-0.2, -0.15) is 0 Å². The van der Waals surface area contributed by atoms with Crippen molar-refractivity contribution < 1.29 is 4.79 Å². The molecule has 30 heavy (non-hydrogen) atoms. The largest absolute Gasteiger partial charge is 0.366 e. The van der Waals surface area contributed by atoms with Crippen molar-refractivity contribution in [1.82, 2.24) is 24.0 Å². The van der Waals surface area contributed by atoms with Crippen LogP contribution in [-0.4, -0.2) is 50.3 Å². The number of carbonyl (C=O) groups is 1. The molecule has 1 amide bonds. The number of nitrogens with zero attached hydrogens (tertiary/aromatic N) is 5. The predicted molar refractivity (Wildman–Crippen MR) is 115 cm³/mol. The number of imidazole rings is 1. The lowest BCUT2D eigenvalue weighted by atomic mass is 10.1. The zero-order chi connectivity index (χ0) is 21.4. The molecule has 3 aromatic rings. The van der Waals surface area contributed by atoms with Crippen LogP contribution in [0.1, 0.15) is 6.92 Å². The third-order valence-corrected chi connectivity index (χ3v) is 5.52. The average molecular weight is 411 g/mol. The maximum atomic E-state index is 12.6. The van der Waals surface area contributed by atoms with Crippen molar-refractivity contribution in [3.63, 3.8) is 0 Å². The maximum Gasteiger partial charge on any atom is 0.332 e. The van der Waals surface area contributed by atoms with Crippen LogP contribution in [0.4, 0.5) is 11.4 Å². The summed E-state index contributed by atoms with van der Waals surface area (Å²) in [5.41, 5.74) is 1.33. The third-order valence-electron chi connectivity index (χ3n) is 5.52. The third kappa shape index (κ3) is 3.50. The van der Waals surface area contributed by atoms with Crippen molar-refractivity contribution in [1.29, 1.82) is 0 Å². The first-order valence-electron chi connectivity index (χ1n) is 9.85. The number of hydrogen-bond donors (Lipinski definition) is 2. The van der Waals surface area contributed by atoms with Crippen LogP contribution < -0.4 is 26.8 Å². The average Bonchev–Trinajstić information content (AvgIpc) is 3.15. The Morgan fingerprint density at radius 2 is 1.93 bits per heavy atom. The Balaban J connectivity index is 1.50. The van der Waals surface area contributed by atoms with Crippen molar-refractivity contribution in [3.05, 3.63) is 51.4 Å². The molecule has 0 radical (unpaired) electrons. The van der Waals surface area contributed by atoms with Gasteiger partial charge in [0.25, 0.3) is 5.56 Å². The molecule has 1 atom stereocenters. The van der Waals surface area contributed by atoms with E-state index in [9.17, 15) is 14.4 Å². The Kier molecular flexibility index (Phi) is 5.17. The highest BCUT2D eigenvalue weighted by atomic mass is 16.2. The number of fused-ring (bicyclic) bond motifs is 1. The number of aryl methyl sites for hydroxylation is 1. The van der Waals surface area contributed by atoms with Gasteiger partial charge >= 0.3 is 5.69 Å². The molecule has 0 saturated carbocycles. The van der Waals surface area contributed by atoms with Crippen LogP contribution in [0.15, 0.2) is 40.2 Å². The first-order valence-corrected chi connectivity index (χ1v) is 9.85. The van der Waals surface area contributed by atoms with Crippen LogP contribution in [0.5, 0.6) is 0 Å². The number of nitrogens with one attached hydrogen (secondary N) is 2. The van der Waals surface area contributed by atoms with Gasteiger partial charge in [0.1, 0.15) is 6.54 Å². The Bertz CT molecular complexity index is 1210. The first kappa shape index (κ1) is 19.9. The number of hydrogen-bond acceptors (Lipinski definition) is 6. The molecule has 3 heterocycles. The van der Waals surface area contributed by atoms with Crippen LogP contribution in [0, 0.1) is 0 Å². The van der Waals surface area contributed by atoms with Gasteiger partial charge in [-0.3, -0.25) is 18.7 Å². The number of anilines is 2. The quantitative estimate of drug-likeness (QED) is 0.620. The van der Waals surface area contributed by atoms with Crippen LogP contribution >= 0.6 is 0 Å². The Labute approximate surface area is 172 Å². The fourth-order valence-corrected chi connectivity index (χ4v) is 3.83. The van der Waals surface area contributed by atoms with E-state index in [1.807, 2.05) is 24.3 Å². The van der Waals surface area contributed by atoms with E-state index in [1.165, 1.54) is 22.5 Å². The summed E-state index contributed by atoms with van der Waals surface area (Å²) in [6, 6.07) is 8.14. The van der Waals surface area contributed by atoms with Crippen LogP contribution in [-0.2, 0) is 25.4 Å². The van der Waals surface area contributed by atoms with Gasteiger partial charge in [-0.25, -0.2) is 9.78 Å². The maximum absolute atomic E-state index is 12.6. The molecule has 1 aromatic carbocycles. The molecule has 2 aromatic heterocycles. The van der Waals surface area contributed by atoms with Gasteiger partial charge < -0.3 is 20.1 Å². The highest BCUT2D eigenvalue weighted by molar-refractivity contribution is 5.91. The lowest BCUT2D eigenvalue weighted by Crippen LogP contribution is -2.49. The van der Waals surface area contributed by atoms with Gasteiger partial charge in [0.05, 0.1) is 6.33 Å².